The molecule has 2 N–H and O–H groups in total. The Bertz CT molecular complexity index is 487. The van der Waals surface area contributed by atoms with Gasteiger partial charge in [0, 0.05) is 24.5 Å². The van der Waals surface area contributed by atoms with Gasteiger partial charge in [0.25, 0.3) is 0 Å². The fourth-order valence-corrected chi connectivity index (χ4v) is 1.55. The average molecular weight is 235 g/mol. The predicted molar refractivity (Wildman–Crippen MR) is 63.0 cm³/mol. The van der Waals surface area contributed by atoms with E-state index in [1.165, 1.54) is 0 Å². The molecule has 5 heteroatoms. The van der Waals surface area contributed by atoms with Crippen molar-refractivity contribution in [3.8, 4) is 11.5 Å². The molecule has 0 radical (unpaired) electrons. The van der Waals surface area contributed by atoms with E-state index in [-0.39, 0.29) is 0 Å². The summed E-state index contributed by atoms with van der Waals surface area (Å²) >= 11 is 6.02. The number of pyridine rings is 1. The summed E-state index contributed by atoms with van der Waals surface area (Å²) in [5.74, 6) is 0.538. The van der Waals surface area contributed by atoms with E-state index < -0.39 is 0 Å². The van der Waals surface area contributed by atoms with Crippen molar-refractivity contribution in [2.24, 2.45) is 5.73 Å². The largest absolute Gasteiger partial charge is 0.330 e. The van der Waals surface area contributed by atoms with Crippen LogP contribution >= 0.6 is 11.6 Å². The molecule has 2 heterocycles. The Labute approximate surface area is 98.5 Å². The van der Waals surface area contributed by atoms with E-state index in [0.717, 1.165) is 12.1 Å². The van der Waals surface area contributed by atoms with E-state index in [9.17, 15) is 0 Å². The molecule has 0 spiro atoms. The van der Waals surface area contributed by atoms with Crippen LogP contribution in [0.3, 0.4) is 0 Å². The second kappa shape index (κ2) is 5.01. The van der Waals surface area contributed by atoms with Crippen LogP contribution in [-0.4, -0.2) is 21.5 Å². The molecule has 0 atom stereocenters. The summed E-state index contributed by atoms with van der Waals surface area (Å²) in [6, 6.07) is 5.38. The molecule has 0 unspecified atom stereocenters. The van der Waals surface area contributed by atoms with Gasteiger partial charge in [-0.15, -0.1) is 0 Å². The maximum Gasteiger partial charge on any atom is 0.179 e. The Kier molecular flexibility index (Phi) is 3.44. The normalized spacial score (nSPS) is 10.4. The Balaban J connectivity index is 2.40. The van der Waals surface area contributed by atoms with Gasteiger partial charge in [0.2, 0.25) is 0 Å². The smallest absolute Gasteiger partial charge is 0.179 e. The van der Waals surface area contributed by atoms with Gasteiger partial charge < -0.3 is 5.73 Å². The number of aromatic nitrogens is 3. The number of hydrogen-bond acceptors (Lipinski definition) is 4. The van der Waals surface area contributed by atoms with Crippen LogP contribution in [0.2, 0.25) is 5.02 Å². The zero-order valence-corrected chi connectivity index (χ0v) is 9.35. The van der Waals surface area contributed by atoms with Crippen LogP contribution in [0.5, 0.6) is 0 Å². The first-order valence-corrected chi connectivity index (χ1v) is 5.32. The van der Waals surface area contributed by atoms with Gasteiger partial charge in [-0.2, -0.15) is 0 Å². The summed E-state index contributed by atoms with van der Waals surface area (Å²) < 4.78 is 0. The van der Waals surface area contributed by atoms with Crippen LogP contribution < -0.4 is 5.73 Å². The summed E-state index contributed by atoms with van der Waals surface area (Å²) in [5.41, 5.74) is 6.97. The van der Waals surface area contributed by atoms with Gasteiger partial charge in [0.15, 0.2) is 5.82 Å². The fourth-order valence-electron chi connectivity index (χ4n) is 1.35. The molecule has 0 aliphatic heterocycles. The Morgan fingerprint density at radius 2 is 2.06 bits per heavy atom. The number of halogens is 1. The van der Waals surface area contributed by atoms with Gasteiger partial charge >= 0.3 is 0 Å². The van der Waals surface area contributed by atoms with Crippen molar-refractivity contribution < 1.29 is 0 Å². The van der Waals surface area contributed by atoms with Crippen LogP contribution in [0.1, 0.15) is 5.69 Å². The lowest BCUT2D eigenvalue weighted by atomic mass is 10.3. The zero-order valence-electron chi connectivity index (χ0n) is 8.60. The van der Waals surface area contributed by atoms with Gasteiger partial charge in [0.05, 0.1) is 5.02 Å². The molecule has 2 aromatic heterocycles. The van der Waals surface area contributed by atoms with Crippen molar-refractivity contribution in [2.75, 3.05) is 6.54 Å². The lowest BCUT2D eigenvalue weighted by Gasteiger charge is -2.03. The van der Waals surface area contributed by atoms with Gasteiger partial charge in [-0.05, 0) is 24.7 Å². The van der Waals surface area contributed by atoms with Crippen LogP contribution in [-0.2, 0) is 6.42 Å². The van der Waals surface area contributed by atoms with Crippen LogP contribution in [0.25, 0.3) is 11.5 Å². The predicted octanol–water partition coefficient (Wildman–Crippen LogP) is 1.69. The molecule has 2 rings (SSSR count). The molecule has 0 amide bonds. The fraction of sp³-hybridized carbons (Fsp3) is 0.182. The van der Waals surface area contributed by atoms with Crippen molar-refractivity contribution in [1.29, 1.82) is 0 Å². The highest BCUT2D eigenvalue weighted by atomic mass is 35.5. The molecule has 4 nitrogen and oxygen atoms in total. The Hall–Kier alpha value is -1.52. The molecule has 0 saturated carbocycles. The molecule has 0 aliphatic rings. The Morgan fingerprint density at radius 3 is 2.81 bits per heavy atom. The lowest BCUT2D eigenvalue weighted by Crippen LogP contribution is -2.05. The monoisotopic (exact) mass is 234 g/mol. The van der Waals surface area contributed by atoms with Crippen LogP contribution in [0.4, 0.5) is 0 Å². The van der Waals surface area contributed by atoms with Crippen molar-refractivity contribution >= 4 is 11.6 Å². The molecular formula is C11H11ClN4. The van der Waals surface area contributed by atoms with E-state index >= 15 is 0 Å². The standard InChI is InChI=1S/C11H11ClN4/c12-9-2-1-6-14-10(9)11-15-7-4-8(16-11)3-5-13/h1-2,4,6-7H,3,5,13H2. The molecular weight excluding hydrogens is 224 g/mol. The first kappa shape index (κ1) is 11.0. The number of nitrogens with two attached hydrogens (primary N) is 1. The SMILES string of the molecule is NCCc1ccnc(-c2ncccc2Cl)n1. The Morgan fingerprint density at radius 1 is 1.19 bits per heavy atom. The molecule has 16 heavy (non-hydrogen) atoms. The second-order valence-electron chi connectivity index (χ2n) is 3.24. The van der Waals surface area contributed by atoms with Crippen molar-refractivity contribution in [3.63, 3.8) is 0 Å². The lowest BCUT2D eigenvalue weighted by molar-refractivity contribution is 0.911. The highest BCUT2D eigenvalue weighted by Crippen LogP contribution is 2.21. The zero-order chi connectivity index (χ0) is 11.4. The van der Waals surface area contributed by atoms with Crippen LogP contribution in [0.15, 0.2) is 30.6 Å². The van der Waals surface area contributed by atoms with E-state index in [1.807, 2.05) is 6.07 Å². The minimum Gasteiger partial charge on any atom is -0.330 e. The van der Waals surface area contributed by atoms with E-state index in [1.54, 1.807) is 24.5 Å². The van der Waals surface area contributed by atoms with Gasteiger partial charge in [-0.25, -0.2) is 9.97 Å². The highest BCUT2D eigenvalue weighted by Gasteiger charge is 2.07. The maximum absolute atomic E-state index is 6.02. The average Bonchev–Trinajstić information content (AvgIpc) is 2.30. The molecule has 0 bridgehead atoms. The summed E-state index contributed by atoms with van der Waals surface area (Å²) in [7, 11) is 0. The highest BCUT2D eigenvalue weighted by molar-refractivity contribution is 6.32. The molecule has 0 aromatic carbocycles. The van der Waals surface area contributed by atoms with Crippen LogP contribution in [0, 0.1) is 0 Å². The maximum atomic E-state index is 6.02. The topological polar surface area (TPSA) is 64.7 Å². The minimum absolute atomic E-state index is 0.538. The molecule has 0 fully saturated rings. The van der Waals surface area contributed by atoms with Gasteiger partial charge in [0.1, 0.15) is 5.69 Å². The first-order chi connectivity index (χ1) is 7.81. The van der Waals surface area contributed by atoms with Crippen molar-refractivity contribution in [3.05, 3.63) is 41.3 Å². The quantitative estimate of drug-likeness (QED) is 0.878. The third kappa shape index (κ3) is 2.35. The van der Waals surface area contributed by atoms with Crippen molar-refractivity contribution in [1.82, 2.24) is 15.0 Å². The first-order valence-electron chi connectivity index (χ1n) is 4.94. The number of rotatable bonds is 3. The summed E-state index contributed by atoms with van der Waals surface area (Å²) in [5, 5.41) is 0.549. The second-order valence-corrected chi connectivity index (χ2v) is 3.65. The van der Waals surface area contributed by atoms with Gasteiger partial charge in [-0.3, -0.25) is 4.98 Å². The third-order valence-corrected chi connectivity index (χ3v) is 2.39. The van der Waals surface area contributed by atoms with Crippen molar-refractivity contribution in [2.45, 2.75) is 6.42 Å². The van der Waals surface area contributed by atoms with E-state index in [4.69, 9.17) is 17.3 Å². The summed E-state index contributed by atoms with van der Waals surface area (Å²) in [4.78, 5) is 12.7. The molecule has 0 saturated heterocycles. The van der Waals surface area contributed by atoms with Gasteiger partial charge in [-0.1, -0.05) is 11.6 Å². The molecule has 2 aromatic rings. The molecule has 82 valence electrons. The number of nitrogens with zero attached hydrogens (tertiary/aromatic N) is 3. The van der Waals surface area contributed by atoms with E-state index in [2.05, 4.69) is 15.0 Å². The molecule has 0 aliphatic carbocycles. The summed E-state index contributed by atoms with van der Waals surface area (Å²) in [6.07, 6.45) is 4.08. The summed E-state index contributed by atoms with van der Waals surface area (Å²) in [6.45, 7) is 0.562. The minimum atomic E-state index is 0.538. The van der Waals surface area contributed by atoms with E-state index in [0.29, 0.717) is 23.1 Å². The number of hydrogen-bond donors (Lipinski definition) is 1. The third-order valence-electron chi connectivity index (χ3n) is 2.08.